The van der Waals surface area contributed by atoms with Crippen LogP contribution < -0.4 is 5.32 Å². The Labute approximate surface area is 169 Å². The van der Waals surface area contributed by atoms with Crippen LogP contribution in [0.3, 0.4) is 0 Å². The smallest absolute Gasteiger partial charge is 0.146 e. The average Bonchev–Trinajstić information content (AvgIpc) is 2.71. The van der Waals surface area contributed by atoms with Crippen LogP contribution >= 0.6 is 11.6 Å². The summed E-state index contributed by atoms with van der Waals surface area (Å²) in [6.07, 6.45) is 3.68. The molecule has 1 aromatic heterocycles. The second-order valence-corrected chi connectivity index (χ2v) is 7.73. The van der Waals surface area contributed by atoms with Crippen molar-refractivity contribution in [2.75, 3.05) is 13.1 Å². The number of nitrogens with zero attached hydrogens (tertiary/aromatic N) is 2. The molecule has 0 saturated carbocycles. The Morgan fingerprint density at radius 2 is 2.00 bits per heavy atom. The highest BCUT2D eigenvalue weighted by molar-refractivity contribution is 6.35. The summed E-state index contributed by atoms with van der Waals surface area (Å²) in [4.78, 5) is 6.61. The van der Waals surface area contributed by atoms with Crippen LogP contribution in [-0.4, -0.2) is 34.1 Å². The van der Waals surface area contributed by atoms with Crippen molar-refractivity contribution in [3.05, 3.63) is 70.6 Å². The summed E-state index contributed by atoms with van der Waals surface area (Å²) >= 11 is 6.35. The quantitative estimate of drug-likeness (QED) is 0.663. The molecule has 1 saturated heterocycles. The number of fused-ring (bicyclic) bond motifs is 1. The Morgan fingerprint density at radius 1 is 1.18 bits per heavy atom. The SMILES string of the molecule is Oc1c(CNC2CCN(Cc3cccc(F)c3)CC2)cc(Cl)c2cccnc12. The monoisotopic (exact) mass is 399 g/mol. The number of pyridine rings is 1. The third-order valence-corrected chi connectivity index (χ3v) is 5.67. The molecule has 4 rings (SSSR count). The zero-order chi connectivity index (χ0) is 19.5. The molecule has 2 N–H and O–H groups in total. The number of aromatic hydroxyl groups is 1. The van der Waals surface area contributed by atoms with E-state index < -0.39 is 0 Å². The normalized spacial score (nSPS) is 15.9. The minimum absolute atomic E-state index is 0.183. The average molecular weight is 400 g/mol. The molecule has 0 amide bonds. The molecule has 1 aliphatic rings. The van der Waals surface area contributed by atoms with Crippen LogP contribution in [-0.2, 0) is 13.1 Å². The third kappa shape index (κ3) is 4.27. The number of halogens is 2. The highest BCUT2D eigenvalue weighted by atomic mass is 35.5. The van der Waals surface area contributed by atoms with Crippen LogP contribution in [0, 0.1) is 5.82 Å². The second-order valence-electron chi connectivity index (χ2n) is 7.33. The van der Waals surface area contributed by atoms with Gasteiger partial charge in [0.15, 0.2) is 0 Å². The Morgan fingerprint density at radius 3 is 2.79 bits per heavy atom. The number of benzene rings is 2. The lowest BCUT2D eigenvalue weighted by Crippen LogP contribution is -2.41. The Bertz CT molecular complexity index is 973. The van der Waals surface area contributed by atoms with Gasteiger partial charge in [-0.2, -0.15) is 0 Å². The first-order chi connectivity index (χ1) is 13.6. The van der Waals surface area contributed by atoms with Crippen LogP contribution in [0.1, 0.15) is 24.0 Å². The maximum Gasteiger partial charge on any atom is 0.146 e. The van der Waals surface area contributed by atoms with Crippen molar-refractivity contribution < 1.29 is 9.50 Å². The van der Waals surface area contributed by atoms with Gasteiger partial charge in [0.2, 0.25) is 0 Å². The number of phenolic OH excluding ortho intramolecular Hbond substituents is 1. The zero-order valence-electron chi connectivity index (χ0n) is 15.5. The second kappa shape index (κ2) is 8.43. The number of hydrogen-bond donors (Lipinski definition) is 2. The Kier molecular flexibility index (Phi) is 5.76. The van der Waals surface area contributed by atoms with E-state index in [2.05, 4.69) is 15.2 Å². The predicted molar refractivity (Wildman–Crippen MR) is 110 cm³/mol. The van der Waals surface area contributed by atoms with E-state index in [1.165, 1.54) is 6.07 Å². The summed E-state index contributed by atoms with van der Waals surface area (Å²) in [7, 11) is 0. The van der Waals surface area contributed by atoms with Gasteiger partial charge in [-0.1, -0.05) is 23.7 Å². The van der Waals surface area contributed by atoms with Crippen molar-refractivity contribution in [2.45, 2.75) is 32.0 Å². The van der Waals surface area contributed by atoms with Crippen molar-refractivity contribution in [3.8, 4) is 5.75 Å². The van der Waals surface area contributed by atoms with Crippen LogP contribution in [0.2, 0.25) is 5.02 Å². The maximum absolute atomic E-state index is 13.3. The van der Waals surface area contributed by atoms with Gasteiger partial charge in [-0.25, -0.2) is 4.39 Å². The predicted octanol–water partition coefficient (Wildman–Crippen LogP) is 4.49. The molecular formula is C22H23ClFN3O. The van der Waals surface area contributed by atoms with Crippen LogP contribution in [0.15, 0.2) is 48.7 Å². The molecule has 1 aliphatic heterocycles. The number of piperidine rings is 1. The highest BCUT2D eigenvalue weighted by Crippen LogP contribution is 2.33. The molecule has 0 unspecified atom stereocenters. The first kappa shape index (κ1) is 19.1. The fraction of sp³-hybridized carbons (Fsp3) is 0.318. The summed E-state index contributed by atoms with van der Waals surface area (Å²) in [6.45, 7) is 3.24. The van der Waals surface area contributed by atoms with E-state index in [9.17, 15) is 9.50 Å². The molecule has 0 spiro atoms. The summed E-state index contributed by atoms with van der Waals surface area (Å²) in [5.74, 6) is 0.00781. The molecule has 2 aromatic carbocycles. The van der Waals surface area contributed by atoms with Gasteiger partial charge in [-0.15, -0.1) is 0 Å². The number of rotatable bonds is 5. The van der Waals surface area contributed by atoms with E-state index in [0.717, 1.165) is 49.0 Å². The lowest BCUT2D eigenvalue weighted by atomic mass is 10.0. The van der Waals surface area contributed by atoms with Gasteiger partial charge in [0.25, 0.3) is 0 Å². The fourth-order valence-corrected chi connectivity index (χ4v) is 4.10. The largest absolute Gasteiger partial charge is 0.505 e. The van der Waals surface area contributed by atoms with Crippen LogP contribution in [0.25, 0.3) is 10.9 Å². The molecule has 6 heteroatoms. The molecule has 0 bridgehead atoms. The van der Waals surface area contributed by atoms with Gasteiger partial charge in [0.05, 0.1) is 5.02 Å². The zero-order valence-corrected chi connectivity index (χ0v) is 16.3. The fourth-order valence-electron chi connectivity index (χ4n) is 3.82. The van der Waals surface area contributed by atoms with Crippen molar-refractivity contribution >= 4 is 22.5 Å². The molecule has 3 aromatic rings. The molecule has 0 radical (unpaired) electrons. The van der Waals surface area contributed by atoms with Crippen molar-refractivity contribution in [2.24, 2.45) is 0 Å². The molecule has 0 atom stereocenters. The number of nitrogens with one attached hydrogen (secondary N) is 1. The van der Waals surface area contributed by atoms with Gasteiger partial charge in [-0.05, 0) is 61.8 Å². The van der Waals surface area contributed by atoms with Gasteiger partial charge in [-0.3, -0.25) is 9.88 Å². The van der Waals surface area contributed by atoms with Crippen LogP contribution in [0.4, 0.5) is 4.39 Å². The topological polar surface area (TPSA) is 48.4 Å². The standard InChI is InChI=1S/C22H23ClFN3O/c23-20-12-16(22(28)21-19(20)5-2-8-25-21)13-26-18-6-9-27(10-7-18)14-15-3-1-4-17(24)11-15/h1-5,8,11-12,18,26,28H,6-7,9-10,13-14H2. The first-order valence-corrected chi connectivity index (χ1v) is 9.93. The van der Waals surface area contributed by atoms with Gasteiger partial charge in [0, 0.05) is 36.3 Å². The minimum Gasteiger partial charge on any atom is -0.505 e. The van der Waals surface area contributed by atoms with Gasteiger partial charge in [0.1, 0.15) is 17.1 Å². The first-order valence-electron chi connectivity index (χ1n) is 9.55. The lowest BCUT2D eigenvalue weighted by molar-refractivity contribution is 0.190. The van der Waals surface area contributed by atoms with E-state index >= 15 is 0 Å². The van der Waals surface area contributed by atoms with Gasteiger partial charge >= 0.3 is 0 Å². The number of phenols is 1. The maximum atomic E-state index is 13.3. The van der Waals surface area contributed by atoms with Crippen molar-refractivity contribution in [1.82, 2.24) is 15.2 Å². The molecule has 0 aliphatic carbocycles. The van der Waals surface area contributed by atoms with Gasteiger partial charge < -0.3 is 10.4 Å². The number of likely N-dealkylation sites (tertiary alicyclic amines) is 1. The van der Waals surface area contributed by atoms with Crippen LogP contribution in [0.5, 0.6) is 5.75 Å². The van der Waals surface area contributed by atoms with E-state index in [-0.39, 0.29) is 11.6 Å². The van der Waals surface area contributed by atoms with E-state index in [0.29, 0.717) is 23.1 Å². The summed E-state index contributed by atoms with van der Waals surface area (Å²) in [6, 6.07) is 12.7. The van der Waals surface area contributed by atoms with E-state index in [4.69, 9.17) is 11.6 Å². The van der Waals surface area contributed by atoms with Crippen molar-refractivity contribution in [3.63, 3.8) is 0 Å². The minimum atomic E-state index is -0.183. The number of aromatic nitrogens is 1. The summed E-state index contributed by atoms with van der Waals surface area (Å²) in [5, 5.41) is 15.4. The molecule has 1 fully saturated rings. The molecule has 2 heterocycles. The van der Waals surface area contributed by atoms with Crippen molar-refractivity contribution in [1.29, 1.82) is 0 Å². The Balaban J connectivity index is 1.33. The lowest BCUT2D eigenvalue weighted by Gasteiger charge is -2.32. The summed E-state index contributed by atoms with van der Waals surface area (Å²) in [5.41, 5.74) is 2.31. The molecular weight excluding hydrogens is 377 g/mol. The Hall–Kier alpha value is -2.21. The van der Waals surface area contributed by atoms with E-state index in [1.807, 2.05) is 24.3 Å². The highest BCUT2D eigenvalue weighted by Gasteiger charge is 2.20. The summed E-state index contributed by atoms with van der Waals surface area (Å²) < 4.78 is 13.3. The molecule has 28 heavy (non-hydrogen) atoms. The number of hydrogen-bond acceptors (Lipinski definition) is 4. The third-order valence-electron chi connectivity index (χ3n) is 5.36. The molecule has 4 nitrogen and oxygen atoms in total. The molecule has 146 valence electrons. The van der Waals surface area contributed by atoms with E-state index in [1.54, 1.807) is 18.3 Å².